The van der Waals surface area contributed by atoms with Gasteiger partial charge in [-0.15, -0.1) is 0 Å². The number of para-hydroxylation sites is 2. The molecule has 28 heavy (non-hydrogen) atoms. The molecule has 0 atom stereocenters. The van der Waals surface area contributed by atoms with Gasteiger partial charge in [-0.25, -0.2) is 4.98 Å². The van der Waals surface area contributed by atoms with E-state index in [1.807, 2.05) is 53.7 Å². The fraction of sp³-hybridized carbons (Fsp3) is 0.333. The predicted octanol–water partition coefficient (Wildman–Crippen LogP) is 0.178. The molecule has 3 heterocycles. The fourth-order valence-corrected chi connectivity index (χ4v) is 3.66. The van der Waals surface area contributed by atoms with Crippen molar-refractivity contribution in [3.8, 4) is 0 Å². The number of hydrogen-bond acceptors (Lipinski definition) is 4. The van der Waals surface area contributed by atoms with Crippen LogP contribution in [0.4, 0.5) is 0 Å². The second-order valence-corrected chi connectivity index (χ2v) is 7.19. The number of H-pyrrole nitrogens is 1. The molecule has 7 heteroatoms. The summed E-state index contributed by atoms with van der Waals surface area (Å²) in [6, 6.07) is 11.5. The van der Waals surface area contributed by atoms with Crippen molar-refractivity contribution in [2.45, 2.75) is 19.4 Å². The number of amides is 1. The van der Waals surface area contributed by atoms with Crippen molar-refractivity contribution in [3.63, 3.8) is 0 Å². The molecule has 2 N–H and O–H groups in total. The number of fused-ring (bicyclic) bond motifs is 1. The summed E-state index contributed by atoms with van der Waals surface area (Å²) in [6.07, 6.45) is 4.31. The minimum Gasteiger partial charge on any atom is -0.331 e. The first kappa shape index (κ1) is 18.3. The summed E-state index contributed by atoms with van der Waals surface area (Å²) in [4.78, 5) is 39.5. The van der Waals surface area contributed by atoms with Gasteiger partial charge in [-0.2, -0.15) is 0 Å². The van der Waals surface area contributed by atoms with Crippen molar-refractivity contribution in [3.05, 3.63) is 70.4 Å². The Bertz CT molecular complexity index is 1010. The van der Waals surface area contributed by atoms with Crippen LogP contribution >= 0.6 is 0 Å². The van der Waals surface area contributed by atoms with Gasteiger partial charge in [0.05, 0.1) is 37.2 Å². The quantitative estimate of drug-likeness (QED) is 0.663. The number of aromatic nitrogens is 3. The SMILES string of the molecule is O=C(CCc1nc2ccccc2[nH]c1=O)N1CC[NH+](Cc2ccncc2)CC1. The van der Waals surface area contributed by atoms with E-state index in [0.29, 0.717) is 18.5 Å². The minimum atomic E-state index is -0.210. The highest BCUT2D eigenvalue weighted by molar-refractivity contribution is 5.77. The van der Waals surface area contributed by atoms with Gasteiger partial charge in [0.25, 0.3) is 5.56 Å². The molecule has 0 bridgehead atoms. The highest BCUT2D eigenvalue weighted by atomic mass is 16.2. The van der Waals surface area contributed by atoms with E-state index in [4.69, 9.17) is 0 Å². The molecule has 0 radical (unpaired) electrons. The molecule has 3 aromatic rings. The lowest BCUT2D eigenvalue weighted by molar-refractivity contribution is -0.917. The van der Waals surface area contributed by atoms with Crippen molar-refractivity contribution >= 4 is 16.9 Å². The summed E-state index contributed by atoms with van der Waals surface area (Å²) in [7, 11) is 0. The standard InChI is InChI=1S/C21H23N5O2/c27-20(6-5-19-21(28)24-18-4-2-1-3-17(18)23-19)26-13-11-25(12-14-26)15-16-7-9-22-10-8-16/h1-4,7-10H,5-6,11-15H2,(H,24,28)/p+1. The molecule has 7 nitrogen and oxygen atoms in total. The highest BCUT2D eigenvalue weighted by Gasteiger charge is 2.23. The smallest absolute Gasteiger partial charge is 0.270 e. The number of aryl methyl sites for hydroxylation is 1. The molecule has 0 saturated carbocycles. The van der Waals surface area contributed by atoms with Crippen molar-refractivity contribution < 1.29 is 9.69 Å². The largest absolute Gasteiger partial charge is 0.331 e. The zero-order valence-corrected chi connectivity index (χ0v) is 15.7. The molecule has 1 aromatic carbocycles. The van der Waals surface area contributed by atoms with Crippen LogP contribution in [0.2, 0.25) is 0 Å². The van der Waals surface area contributed by atoms with E-state index in [1.54, 1.807) is 0 Å². The average molecular weight is 378 g/mol. The van der Waals surface area contributed by atoms with Crippen LogP contribution in [0, 0.1) is 0 Å². The summed E-state index contributed by atoms with van der Waals surface area (Å²) in [5, 5.41) is 0. The normalized spacial score (nSPS) is 15.1. The van der Waals surface area contributed by atoms with E-state index < -0.39 is 0 Å². The lowest BCUT2D eigenvalue weighted by Crippen LogP contribution is -3.13. The number of carbonyl (C=O) groups is 1. The number of pyridine rings is 1. The summed E-state index contributed by atoms with van der Waals surface area (Å²) in [5.41, 5.74) is 2.95. The van der Waals surface area contributed by atoms with Gasteiger partial charge in [-0.05, 0) is 24.3 Å². The third-order valence-corrected chi connectivity index (χ3v) is 5.27. The molecule has 2 aromatic heterocycles. The van der Waals surface area contributed by atoms with Crippen molar-refractivity contribution in [2.75, 3.05) is 26.2 Å². The first-order valence-electron chi connectivity index (χ1n) is 9.67. The van der Waals surface area contributed by atoms with E-state index >= 15 is 0 Å². The van der Waals surface area contributed by atoms with E-state index in [1.165, 1.54) is 10.5 Å². The van der Waals surface area contributed by atoms with E-state index in [-0.39, 0.29) is 11.5 Å². The van der Waals surface area contributed by atoms with Crippen molar-refractivity contribution in [1.82, 2.24) is 19.9 Å². The Hall–Kier alpha value is -3.06. The molecule has 0 unspecified atom stereocenters. The number of hydrogen-bond donors (Lipinski definition) is 2. The van der Waals surface area contributed by atoms with Crippen LogP contribution in [-0.4, -0.2) is 51.9 Å². The van der Waals surface area contributed by atoms with Crippen molar-refractivity contribution in [2.24, 2.45) is 0 Å². The lowest BCUT2D eigenvalue weighted by atomic mass is 10.2. The van der Waals surface area contributed by atoms with Crippen LogP contribution in [-0.2, 0) is 17.8 Å². The van der Waals surface area contributed by atoms with Crippen LogP contribution in [0.15, 0.2) is 53.6 Å². The number of benzene rings is 1. The van der Waals surface area contributed by atoms with Crippen LogP contribution < -0.4 is 10.5 Å². The summed E-state index contributed by atoms with van der Waals surface area (Å²) < 4.78 is 0. The van der Waals surface area contributed by atoms with E-state index in [9.17, 15) is 9.59 Å². The molecule has 4 rings (SSSR count). The molecule has 1 saturated heterocycles. The minimum absolute atomic E-state index is 0.0947. The molecular weight excluding hydrogens is 354 g/mol. The molecule has 144 valence electrons. The molecule has 0 aliphatic carbocycles. The number of aromatic amines is 1. The fourth-order valence-electron chi connectivity index (χ4n) is 3.66. The number of nitrogens with one attached hydrogen (secondary N) is 2. The number of carbonyl (C=O) groups excluding carboxylic acids is 1. The van der Waals surface area contributed by atoms with Gasteiger partial charge >= 0.3 is 0 Å². The van der Waals surface area contributed by atoms with E-state index in [0.717, 1.165) is 43.8 Å². The van der Waals surface area contributed by atoms with Crippen LogP contribution in [0.1, 0.15) is 17.7 Å². The summed E-state index contributed by atoms with van der Waals surface area (Å²) in [6.45, 7) is 4.33. The molecule has 0 spiro atoms. The lowest BCUT2D eigenvalue weighted by Gasteiger charge is -2.32. The Balaban J connectivity index is 1.30. The van der Waals surface area contributed by atoms with Gasteiger partial charge in [0.15, 0.2) is 0 Å². The molecule has 1 aliphatic heterocycles. The maximum atomic E-state index is 12.6. The van der Waals surface area contributed by atoms with Crippen LogP contribution in [0.5, 0.6) is 0 Å². The monoisotopic (exact) mass is 378 g/mol. The third-order valence-electron chi connectivity index (χ3n) is 5.27. The summed E-state index contributed by atoms with van der Waals surface area (Å²) >= 11 is 0. The topological polar surface area (TPSA) is 83.4 Å². The third kappa shape index (κ3) is 4.26. The number of rotatable bonds is 5. The molecule has 1 amide bonds. The highest BCUT2D eigenvalue weighted by Crippen LogP contribution is 2.07. The van der Waals surface area contributed by atoms with Gasteiger partial charge in [0, 0.05) is 30.8 Å². The first-order chi connectivity index (χ1) is 13.7. The van der Waals surface area contributed by atoms with Gasteiger partial charge in [0.1, 0.15) is 12.2 Å². The second-order valence-electron chi connectivity index (χ2n) is 7.19. The van der Waals surface area contributed by atoms with Crippen LogP contribution in [0.25, 0.3) is 11.0 Å². The van der Waals surface area contributed by atoms with Gasteiger partial charge in [0.2, 0.25) is 5.91 Å². The number of piperazine rings is 1. The maximum absolute atomic E-state index is 12.6. The van der Waals surface area contributed by atoms with Gasteiger partial charge in [-0.3, -0.25) is 14.6 Å². The Labute approximate surface area is 163 Å². The Morgan fingerprint density at radius 2 is 1.86 bits per heavy atom. The van der Waals surface area contributed by atoms with Crippen molar-refractivity contribution in [1.29, 1.82) is 0 Å². The molecule has 1 aliphatic rings. The maximum Gasteiger partial charge on any atom is 0.270 e. The zero-order valence-electron chi connectivity index (χ0n) is 15.7. The average Bonchev–Trinajstić information content (AvgIpc) is 2.73. The molecule has 1 fully saturated rings. The van der Waals surface area contributed by atoms with Gasteiger partial charge < -0.3 is 14.8 Å². The Kier molecular flexibility index (Phi) is 5.43. The first-order valence-corrected chi connectivity index (χ1v) is 9.67. The van der Waals surface area contributed by atoms with E-state index in [2.05, 4.69) is 15.0 Å². The number of nitrogens with zero attached hydrogens (tertiary/aromatic N) is 3. The van der Waals surface area contributed by atoms with Gasteiger partial charge in [-0.1, -0.05) is 12.1 Å². The summed E-state index contributed by atoms with van der Waals surface area (Å²) in [5.74, 6) is 0.0947. The Morgan fingerprint density at radius 1 is 1.11 bits per heavy atom. The predicted molar refractivity (Wildman–Crippen MR) is 106 cm³/mol. The van der Waals surface area contributed by atoms with Crippen LogP contribution in [0.3, 0.4) is 0 Å². The zero-order chi connectivity index (χ0) is 19.3. The molecular formula is C21H24N5O2+. The number of quaternary nitrogens is 1. The second kappa shape index (κ2) is 8.31. The Morgan fingerprint density at radius 3 is 2.64 bits per heavy atom.